The first kappa shape index (κ1) is 16.5. The lowest BCUT2D eigenvalue weighted by Crippen LogP contribution is -2.31. The summed E-state index contributed by atoms with van der Waals surface area (Å²) in [6.07, 6.45) is 3.89. The van der Waals surface area contributed by atoms with Gasteiger partial charge in [0.2, 0.25) is 10.0 Å². The lowest BCUT2D eigenvalue weighted by Gasteiger charge is -2.26. The number of rotatable bonds is 5. The quantitative estimate of drug-likeness (QED) is 0.878. The zero-order valence-corrected chi connectivity index (χ0v) is 13.6. The summed E-state index contributed by atoms with van der Waals surface area (Å²) in [6.45, 7) is 4.39. The van der Waals surface area contributed by atoms with E-state index in [0.717, 1.165) is 18.8 Å². The number of hydrogen-bond acceptors (Lipinski definition) is 3. The molecule has 1 saturated carbocycles. The van der Waals surface area contributed by atoms with Gasteiger partial charge >= 0.3 is 0 Å². The van der Waals surface area contributed by atoms with Gasteiger partial charge in [-0.05, 0) is 49.3 Å². The van der Waals surface area contributed by atoms with Crippen molar-refractivity contribution in [2.24, 2.45) is 11.8 Å². The molecule has 5 heteroatoms. The van der Waals surface area contributed by atoms with E-state index in [2.05, 4.69) is 11.6 Å². The van der Waals surface area contributed by atoms with Gasteiger partial charge in [0.15, 0.2) is 0 Å². The van der Waals surface area contributed by atoms with Crippen molar-refractivity contribution in [1.29, 1.82) is 0 Å². The molecule has 0 spiro atoms. The summed E-state index contributed by atoms with van der Waals surface area (Å²) in [4.78, 5) is 0.227. The summed E-state index contributed by atoms with van der Waals surface area (Å²) in [5.74, 6) is 1.21. The van der Waals surface area contributed by atoms with Gasteiger partial charge in [-0.25, -0.2) is 13.1 Å². The van der Waals surface area contributed by atoms with Gasteiger partial charge in [0.1, 0.15) is 0 Å². The van der Waals surface area contributed by atoms with E-state index >= 15 is 0 Å². The third kappa shape index (κ3) is 4.53. The van der Waals surface area contributed by atoms with Crippen LogP contribution in [0.3, 0.4) is 0 Å². The molecule has 2 rings (SSSR count). The molecule has 0 radical (unpaired) electrons. The molecule has 1 fully saturated rings. The first-order chi connectivity index (χ1) is 9.88. The van der Waals surface area contributed by atoms with Crippen molar-refractivity contribution >= 4 is 10.0 Å². The Morgan fingerprint density at radius 3 is 2.57 bits per heavy atom. The Balaban J connectivity index is 2.00. The number of benzene rings is 1. The van der Waals surface area contributed by atoms with Gasteiger partial charge < -0.3 is 5.11 Å². The van der Waals surface area contributed by atoms with Crippen LogP contribution in [0, 0.1) is 11.8 Å². The molecule has 4 nitrogen and oxygen atoms in total. The minimum absolute atomic E-state index is 0.227. The minimum Gasteiger partial charge on any atom is -0.389 e. The summed E-state index contributed by atoms with van der Waals surface area (Å²) in [6, 6.07) is 6.50. The predicted octanol–water partition coefficient (Wildman–Crippen LogP) is 2.84. The first-order valence-corrected chi connectivity index (χ1v) is 9.14. The normalized spacial score (nSPS) is 24.7. The molecular weight excluding hydrogens is 286 g/mol. The van der Waals surface area contributed by atoms with Gasteiger partial charge in [-0.1, -0.05) is 31.9 Å². The van der Waals surface area contributed by atoms with E-state index in [-0.39, 0.29) is 4.90 Å². The summed E-state index contributed by atoms with van der Waals surface area (Å²) < 4.78 is 27.4. The minimum atomic E-state index is -3.49. The molecule has 0 aromatic heterocycles. The highest BCUT2D eigenvalue weighted by atomic mass is 32.2. The smallest absolute Gasteiger partial charge is 0.240 e. The molecule has 118 valence electrons. The monoisotopic (exact) mass is 311 g/mol. The molecule has 1 aliphatic rings. The van der Waals surface area contributed by atoms with Crippen molar-refractivity contribution in [2.75, 3.05) is 6.54 Å². The van der Waals surface area contributed by atoms with E-state index in [9.17, 15) is 13.5 Å². The number of aliphatic hydroxyl groups excluding tert-OH is 1. The fourth-order valence-corrected chi connectivity index (χ4v) is 3.96. The van der Waals surface area contributed by atoms with E-state index in [1.165, 1.54) is 18.9 Å². The second-order valence-corrected chi connectivity index (χ2v) is 7.99. The molecule has 1 unspecified atom stereocenters. The summed E-state index contributed by atoms with van der Waals surface area (Å²) >= 11 is 0. The molecule has 1 atom stereocenters. The number of sulfonamides is 1. The van der Waals surface area contributed by atoms with E-state index < -0.39 is 16.1 Å². The van der Waals surface area contributed by atoms with Crippen LogP contribution in [-0.2, 0) is 10.0 Å². The van der Waals surface area contributed by atoms with Crippen LogP contribution in [0.1, 0.15) is 51.2 Å². The maximum atomic E-state index is 12.3. The Morgan fingerprint density at radius 1 is 1.29 bits per heavy atom. The third-order valence-corrected chi connectivity index (χ3v) is 5.77. The van der Waals surface area contributed by atoms with Crippen LogP contribution in [0.4, 0.5) is 0 Å². The Bertz CT molecular complexity index is 561. The first-order valence-electron chi connectivity index (χ1n) is 7.66. The Hall–Kier alpha value is -0.910. The molecule has 2 N–H and O–H groups in total. The Kier molecular flexibility index (Phi) is 5.41. The summed E-state index contributed by atoms with van der Waals surface area (Å²) in [7, 11) is -3.49. The maximum Gasteiger partial charge on any atom is 0.240 e. The average Bonchev–Trinajstić information content (AvgIpc) is 2.47. The van der Waals surface area contributed by atoms with Gasteiger partial charge in [0, 0.05) is 6.54 Å². The number of aliphatic hydroxyl groups is 1. The zero-order chi connectivity index (χ0) is 15.5. The largest absolute Gasteiger partial charge is 0.389 e. The van der Waals surface area contributed by atoms with Gasteiger partial charge in [-0.15, -0.1) is 0 Å². The molecule has 21 heavy (non-hydrogen) atoms. The van der Waals surface area contributed by atoms with Crippen molar-refractivity contribution in [3.8, 4) is 0 Å². The van der Waals surface area contributed by atoms with E-state index in [4.69, 9.17) is 0 Å². The highest BCUT2D eigenvalue weighted by molar-refractivity contribution is 7.89. The predicted molar refractivity (Wildman–Crippen MR) is 83.4 cm³/mol. The van der Waals surface area contributed by atoms with Crippen LogP contribution in [0.15, 0.2) is 29.2 Å². The summed E-state index contributed by atoms with van der Waals surface area (Å²) in [5.41, 5.74) is 0.615. The van der Waals surface area contributed by atoms with Crippen LogP contribution < -0.4 is 4.72 Å². The van der Waals surface area contributed by atoms with Gasteiger partial charge in [-0.2, -0.15) is 0 Å². The number of nitrogens with one attached hydrogen (secondary N) is 1. The second kappa shape index (κ2) is 6.90. The standard InChI is InChI=1S/C16H25NO3S/c1-12-6-8-14(9-7-12)11-17-21(19,20)16-5-3-4-15(10-16)13(2)18/h3-5,10,12-14,17-18H,6-9,11H2,1-2H3. The van der Waals surface area contributed by atoms with E-state index in [1.807, 2.05) is 0 Å². The molecule has 0 bridgehead atoms. The summed E-state index contributed by atoms with van der Waals surface area (Å²) in [5, 5.41) is 9.56. The maximum absolute atomic E-state index is 12.3. The van der Waals surface area contributed by atoms with Crippen LogP contribution in [0.5, 0.6) is 0 Å². The van der Waals surface area contributed by atoms with Crippen molar-refractivity contribution in [3.63, 3.8) is 0 Å². The van der Waals surface area contributed by atoms with Crippen LogP contribution >= 0.6 is 0 Å². The van der Waals surface area contributed by atoms with Gasteiger partial charge in [0.05, 0.1) is 11.0 Å². The average molecular weight is 311 g/mol. The molecule has 1 aliphatic carbocycles. The molecule has 0 heterocycles. The highest BCUT2D eigenvalue weighted by Crippen LogP contribution is 2.28. The highest BCUT2D eigenvalue weighted by Gasteiger charge is 2.21. The van der Waals surface area contributed by atoms with Gasteiger partial charge in [-0.3, -0.25) is 0 Å². The SMILES string of the molecule is CC1CCC(CNS(=O)(=O)c2cccc(C(C)O)c2)CC1. The van der Waals surface area contributed by atoms with Crippen molar-refractivity contribution in [3.05, 3.63) is 29.8 Å². The molecular formula is C16H25NO3S. The Morgan fingerprint density at radius 2 is 1.95 bits per heavy atom. The molecule has 0 aliphatic heterocycles. The fraction of sp³-hybridized carbons (Fsp3) is 0.625. The lowest BCUT2D eigenvalue weighted by atomic mass is 9.83. The van der Waals surface area contributed by atoms with Gasteiger partial charge in [0.25, 0.3) is 0 Å². The third-order valence-electron chi connectivity index (χ3n) is 4.35. The molecule has 1 aromatic carbocycles. The fourth-order valence-electron chi connectivity index (χ4n) is 2.79. The lowest BCUT2D eigenvalue weighted by molar-refractivity contribution is 0.199. The van der Waals surface area contributed by atoms with Crippen molar-refractivity contribution < 1.29 is 13.5 Å². The van der Waals surface area contributed by atoms with E-state index in [0.29, 0.717) is 18.0 Å². The molecule has 1 aromatic rings. The molecule has 0 saturated heterocycles. The van der Waals surface area contributed by atoms with Crippen molar-refractivity contribution in [2.45, 2.75) is 50.5 Å². The van der Waals surface area contributed by atoms with E-state index in [1.54, 1.807) is 25.1 Å². The van der Waals surface area contributed by atoms with Crippen LogP contribution in [0.25, 0.3) is 0 Å². The molecule has 0 amide bonds. The van der Waals surface area contributed by atoms with Crippen LogP contribution in [0.2, 0.25) is 0 Å². The van der Waals surface area contributed by atoms with Crippen LogP contribution in [-0.4, -0.2) is 20.1 Å². The second-order valence-electron chi connectivity index (χ2n) is 6.23. The topological polar surface area (TPSA) is 66.4 Å². The zero-order valence-electron chi connectivity index (χ0n) is 12.7. The number of hydrogen-bond donors (Lipinski definition) is 2. The van der Waals surface area contributed by atoms with Crippen molar-refractivity contribution in [1.82, 2.24) is 4.72 Å². The Labute approximate surface area is 127 Å².